The first-order valence-electron chi connectivity index (χ1n) is 2.88. The van der Waals surface area contributed by atoms with Gasteiger partial charge in [-0.25, -0.2) is 0 Å². The van der Waals surface area contributed by atoms with Gasteiger partial charge >= 0.3 is 11.5 Å². The quantitative estimate of drug-likeness (QED) is 0.482. The summed E-state index contributed by atoms with van der Waals surface area (Å²) in [7, 11) is 0. The number of amides is 1. The lowest BCUT2D eigenvalue weighted by Crippen LogP contribution is -2.35. The van der Waals surface area contributed by atoms with Gasteiger partial charge < -0.3 is 4.90 Å². The molecule has 1 amide bonds. The summed E-state index contributed by atoms with van der Waals surface area (Å²) >= 11 is 4.84. The summed E-state index contributed by atoms with van der Waals surface area (Å²) in [6, 6.07) is 0. The zero-order valence-corrected chi connectivity index (χ0v) is 6.54. The number of hydrogen-bond acceptors (Lipinski definition) is 1. The Morgan fingerprint density at radius 1 is 1.55 bits per heavy atom. The minimum Gasteiger partial charge on any atom is -0.320 e. The molecule has 0 rings (SSSR count). The maximum Gasteiger partial charge on any atom is 0.406 e. The third-order valence-corrected chi connectivity index (χ3v) is 1.24. The molecule has 0 saturated heterocycles. The van der Waals surface area contributed by atoms with Crippen molar-refractivity contribution in [2.75, 3.05) is 13.1 Å². The average Bonchev–Trinajstić information content (AvgIpc) is 1.80. The van der Waals surface area contributed by atoms with E-state index >= 15 is 0 Å². The molecule has 66 valence electrons. The molecule has 0 N–H and O–H groups in total. The lowest BCUT2D eigenvalue weighted by atomic mass is 10.5. The van der Waals surface area contributed by atoms with E-state index < -0.39 is 18.1 Å². The summed E-state index contributed by atoms with van der Waals surface area (Å²) in [6.45, 7) is 0.0969. The van der Waals surface area contributed by atoms with E-state index in [1.54, 1.807) is 0 Å². The van der Waals surface area contributed by atoms with Crippen LogP contribution < -0.4 is 0 Å². The van der Waals surface area contributed by atoms with Crippen molar-refractivity contribution in [3.63, 3.8) is 0 Å². The molecule has 0 aromatic heterocycles. The Hall–Kier alpha value is -0.450. The van der Waals surface area contributed by atoms with Gasteiger partial charge in [0.1, 0.15) is 6.54 Å². The number of alkyl halides is 3. The first-order valence-corrected chi connectivity index (χ1v) is 3.25. The molecular formula is C5H7ClF3NO. The highest BCUT2D eigenvalue weighted by atomic mass is 35.5. The smallest absolute Gasteiger partial charge is 0.320 e. The predicted molar refractivity (Wildman–Crippen MR) is 34.6 cm³/mol. The molecule has 2 nitrogen and oxygen atoms in total. The van der Waals surface area contributed by atoms with Crippen molar-refractivity contribution in [3.05, 3.63) is 0 Å². The highest BCUT2D eigenvalue weighted by molar-refractivity contribution is 6.62. The van der Waals surface area contributed by atoms with Crippen molar-refractivity contribution < 1.29 is 18.0 Å². The maximum atomic E-state index is 11.6. The molecule has 11 heavy (non-hydrogen) atoms. The van der Waals surface area contributed by atoms with Gasteiger partial charge in [-0.2, -0.15) is 13.2 Å². The van der Waals surface area contributed by atoms with Gasteiger partial charge in [0.2, 0.25) is 0 Å². The van der Waals surface area contributed by atoms with Crippen LogP contribution in [0, 0.1) is 0 Å². The van der Waals surface area contributed by atoms with E-state index in [1.165, 1.54) is 6.92 Å². The number of carbonyl (C=O) groups is 1. The molecule has 0 aromatic carbocycles. The lowest BCUT2D eigenvalue weighted by molar-refractivity contribution is -0.138. The molecule has 0 aliphatic carbocycles. The van der Waals surface area contributed by atoms with E-state index in [4.69, 9.17) is 11.6 Å². The summed E-state index contributed by atoms with van der Waals surface area (Å²) < 4.78 is 34.8. The van der Waals surface area contributed by atoms with E-state index in [2.05, 4.69) is 0 Å². The van der Waals surface area contributed by atoms with Crippen LogP contribution in [-0.4, -0.2) is 29.5 Å². The highest BCUT2D eigenvalue weighted by Gasteiger charge is 2.31. The SMILES string of the molecule is CCN(CC(F)(F)F)C(=O)Cl. The van der Waals surface area contributed by atoms with Crippen molar-refractivity contribution in [1.29, 1.82) is 0 Å². The molecule has 6 heteroatoms. The maximum absolute atomic E-state index is 11.6. The van der Waals surface area contributed by atoms with E-state index in [-0.39, 0.29) is 6.54 Å². The van der Waals surface area contributed by atoms with E-state index in [1.807, 2.05) is 0 Å². The summed E-state index contributed by atoms with van der Waals surface area (Å²) in [5.41, 5.74) is 0. The third kappa shape index (κ3) is 4.89. The second-order valence-electron chi connectivity index (χ2n) is 1.88. The number of carbonyl (C=O) groups excluding carboxylic acids is 1. The molecule has 0 atom stereocenters. The number of nitrogens with zero attached hydrogens (tertiary/aromatic N) is 1. The van der Waals surface area contributed by atoms with Gasteiger partial charge in [-0.1, -0.05) is 0 Å². The molecule has 0 spiro atoms. The molecule has 0 fully saturated rings. The molecule has 0 aliphatic heterocycles. The third-order valence-electron chi connectivity index (χ3n) is 1.00. The topological polar surface area (TPSA) is 20.3 Å². The summed E-state index contributed by atoms with van der Waals surface area (Å²) in [6.07, 6.45) is -4.37. The van der Waals surface area contributed by atoms with E-state index in [9.17, 15) is 18.0 Å². The number of hydrogen-bond donors (Lipinski definition) is 0. The van der Waals surface area contributed by atoms with Crippen LogP contribution in [0.5, 0.6) is 0 Å². The van der Waals surface area contributed by atoms with Crippen LogP contribution in [0.2, 0.25) is 0 Å². The fourth-order valence-corrected chi connectivity index (χ4v) is 0.694. The van der Waals surface area contributed by atoms with Crippen LogP contribution >= 0.6 is 11.6 Å². The first-order chi connectivity index (χ1) is 4.87. The molecule has 0 aromatic rings. The van der Waals surface area contributed by atoms with Crippen molar-refractivity contribution in [3.8, 4) is 0 Å². The van der Waals surface area contributed by atoms with Crippen LogP contribution in [0.15, 0.2) is 0 Å². The lowest BCUT2D eigenvalue weighted by Gasteiger charge is -2.18. The standard InChI is InChI=1S/C5H7ClF3NO/c1-2-10(4(6)11)3-5(7,8)9/h2-3H2,1H3. The Morgan fingerprint density at radius 3 is 2.09 bits per heavy atom. The average molecular weight is 190 g/mol. The summed E-state index contributed by atoms with van der Waals surface area (Å²) in [5, 5.41) is -1.08. The Labute approximate surface area is 66.9 Å². The van der Waals surface area contributed by atoms with Crippen LogP contribution in [-0.2, 0) is 0 Å². The number of rotatable bonds is 2. The van der Waals surface area contributed by atoms with Crippen molar-refractivity contribution in [2.24, 2.45) is 0 Å². The molecule has 0 unspecified atom stereocenters. The van der Waals surface area contributed by atoms with Gasteiger partial charge in [0.25, 0.3) is 0 Å². The first kappa shape index (κ1) is 10.6. The second-order valence-corrected chi connectivity index (χ2v) is 2.21. The molecule has 0 bridgehead atoms. The van der Waals surface area contributed by atoms with Crippen molar-refractivity contribution in [2.45, 2.75) is 13.1 Å². The Morgan fingerprint density at radius 2 is 2.00 bits per heavy atom. The van der Waals surface area contributed by atoms with Crippen molar-refractivity contribution in [1.82, 2.24) is 4.90 Å². The van der Waals surface area contributed by atoms with Crippen LogP contribution in [0.3, 0.4) is 0 Å². The van der Waals surface area contributed by atoms with Gasteiger partial charge in [0.15, 0.2) is 0 Å². The molecule has 0 heterocycles. The zero-order chi connectivity index (χ0) is 9.07. The van der Waals surface area contributed by atoms with Crippen LogP contribution in [0.4, 0.5) is 18.0 Å². The fourth-order valence-electron chi connectivity index (χ4n) is 0.515. The van der Waals surface area contributed by atoms with Crippen molar-refractivity contribution >= 4 is 17.0 Å². The molecular weight excluding hydrogens is 183 g/mol. The van der Waals surface area contributed by atoms with Gasteiger partial charge in [-0.05, 0) is 18.5 Å². The minimum atomic E-state index is -4.37. The fraction of sp³-hybridized carbons (Fsp3) is 0.800. The van der Waals surface area contributed by atoms with E-state index in [0.717, 1.165) is 0 Å². The van der Waals surface area contributed by atoms with Gasteiger partial charge in [-0.3, -0.25) is 4.79 Å². The number of halogens is 4. The van der Waals surface area contributed by atoms with Crippen LogP contribution in [0.25, 0.3) is 0 Å². The Balaban J connectivity index is 3.99. The monoisotopic (exact) mass is 189 g/mol. The Kier molecular flexibility index (Phi) is 3.65. The minimum absolute atomic E-state index is 0.0398. The van der Waals surface area contributed by atoms with Gasteiger partial charge in [0.05, 0.1) is 0 Å². The van der Waals surface area contributed by atoms with Crippen LogP contribution in [0.1, 0.15) is 6.92 Å². The summed E-state index contributed by atoms with van der Waals surface area (Å²) in [5.74, 6) is 0. The summed E-state index contributed by atoms with van der Waals surface area (Å²) in [4.78, 5) is 10.7. The molecule has 0 saturated carbocycles. The van der Waals surface area contributed by atoms with Gasteiger partial charge in [0, 0.05) is 6.54 Å². The normalized spacial score (nSPS) is 11.4. The Bertz CT molecular complexity index is 147. The highest BCUT2D eigenvalue weighted by Crippen LogP contribution is 2.16. The molecule has 0 radical (unpaired) electrons. The predicted octanol–water partition coefficient (Wildman–Crippen LogP) is 2.23. The second kappa shape index (κ2) is 3.80. The van der Waals surface area contributed by atoms with E-state index in [0.29, 0.717) is 4.90 Å². The largest absolute Gasteiger partial charge is 0.406 e. The molecule has 0 aliphatic rings. The van der Waals surface area contributed by atoms with Gasteiger partial charge in [-0.15, -0.1) is 0 Å². The zero-order valence-electron chi connectivity index (χ0n) is 5.78.